The average molecular weight is 376 g/mol. The van der Waals surface area contributed by atoms with Gasteiger partial charge in [0, 0.05) is 6.54 Å². The molecule has 1 atom stereocenters. The third-order valence-electron chi connectivity index (χ3n) is 4.62. The predicted molar refractivity (Wildman–Crippen MR) is 105 cm³/mol. The van der Waals surface area contributed by atoms with Crippen LogP contribution in [0, 0.1) is 5.92 Å². The van der Waals surface area contributed by atoms with E-state index in [0.29, 0.717) is 13.1 Å². The zero-order chi connectivity index (χ0) is 15.8. The molecule has 0 radical (unpaired) electrons. The molecule has 1 fully saturated rings. The molecule has 6 heteroatoms. The van der Waals surface area contributed by atoms with Gasteiger partial charge in [0.15, 0.2) is 0 Å². The van der Waals surface area contributed by atoms with Gasteiger partial charge < -0.3 is 11.1 Å². The van der Waals surface area contributed by atoms with Crippen molar-refractivity contribution in [2.45, 2.75) is 38.6 Å². The summed E-state index contributed by atoms with van der Waals surface area (Å²) in [6, 6.07) is 10.7. The summed E-state index contributed by atoms with van der Waals surface area (Å²) in [5, 5.41) is 2.97. The quantitative estimate of drug-likeness (QED) is 0.720. The number of carbonyl (C=O) groups is 1. The maximum absolute atomic E-state index is 12.1. The standard InChI is InChI=1S/C18H29N3O.2ClH/c1-15(18(22)20-11-5-10-19)21-12-8-17(9-13-21)14-16-6-3-2-4-7-16;;/h2-4,6-7,15,17H,5,8-14,19H2,1H3,(H,20,22);2*1H. The Bertz CT molecular complexity index is 451. The van der Waals surface area contributed by atoms with E-state index in [-0.39, 0.29) is 36.8 Å². The second-order valence-electron chi connectivity index (χ2n) is 6.28. The Morgan fingerprint density at radius 1 is 1.25 bits per heavy atom. The van der Waals surface area contributed by atoms with Crippen molar-refractivity contribution in [1.82, 2.24) is 10.2 Å². The highest BCUT2D eigenvalue weighted by Crippen LogP contribution is 2.22. The van der Waals surface area contributed by atoms with Gasteiger partial charge in [-0.3, -0.25) is 9.69 Å². The van der Waals surface area contributed by atoms with Crippen molar-refractivity contribution in [1.29, 1.82) is 0 Å². The molecular weight excluding hydrogens is 345 g/mol. The number of amides is 1. The number of nitrogens with two attached hydrogens (primary N) is 1. The molecule has 2 rings (SSSR count). The zero-order valence-corrected chi connectivity index (χ0v) is 16.1. The number of benzene rings is 1. The lowest BCUT2D eigenvalue weighted by Crippen LogP contribution is -2.48. The van der Waals surface area contributed by atoms with E-state index in [4.69, 9.17) is 5.73 Å². The number of rotatable bonds is 7. The SMILES string of the molecule is CC(C(=O)NCCCN)N1CCC(Cc2ccccc2)CC1.Cl.Cl. The molecule has 1 aliphatic heterocycles. The molecule has 1 aromatic carbocycles. The first-order chi connectivity index (χ1) is 10.7. The Morgan fingerprint density at radius 3 is 2.46 bits per heavy atom. The lowest BCUT2D eigenvalue weighted by atomic mass is 9.89. The number of hydrogen-bond acceptors (Lipinski definition) is 3. The number of carbonyl (C=O) groups excluding carboxylic acids is 1. The van der Waals surface area contributed by atoms with Crippen LogP contribution in [0.4, 0.5) is 0 Å². The van der Waals surface area contributed by atoms with Gasteiger partial charge in [0.05, 0.1) is 6.04 Å². The minimum atomic E-state index is -0.0320. The van der Waals surface area contributed by atoms with Gasteiger partial charge in [0.1, 0.15) is 0 Å². The molecule has 1 aromatic rings. The minimum absolute atomic E-state index is 0. The lowest BCUT2D eigenvalue weighted by molar-refractivity contribution is -0.126. The third-order valence-corrected chi connectivity index (χ3v) is 4.62. The van der Waals surface area contributed by atoms with Crippen LogP contribution in [0.1, 0.15) is 31.7 Å². The third kappa shape index (κ3) is 7.39. The Labute approximate surface area is 158 Å². The molecule has 138 valence electrons. The van der Waals surface area contributed by atoms with Crippen molar-refractivity contribution in [3.63, 3.8) is 0 Å². The van der Waals surface area contributed by atoms with Gasteiger partial charge in [-0.05, 0) is 63.7 Å². The van der Waals surface area contributed by atoms with Crippen molar-refractivity contribution in [3.05, 3.63) is 35.9 Å². The summed E-state index contributed by atoms with van der Waals surface area (Å²) in [6.45, 7) is 5.35. The van der Waals surface area contributed by atoms with Gasteiger partial charge in [0.25, 0.3) is 0 Å². The molecule has 24 heavy (non-hydrogen) atoms. The van der Waals surface area contributed by atoms with E-state index < -0.39 is 0 Å². The number of nitrogens with zero attached hydrogens (tertiary/aromatic N) is 1. The first kappa shape index (κ1) is 23.2. The van der Waals surface area contributed by atoms with Crippen LogP contribution >= 0.6 is 24.8 Å². The molecule has 0 bridgehead atoms. The molecule has 3 N–H and O–H groups in total. The Balaban J connectivity index is 0.00000264. The summed E-state index contributed by atoms with van der Waals surface area (Å²) in [4.78, 5) is 14.4. The molecule has 0 spiro atoms. The number of piperidine rings is 1. The highest BCUT2D eigenvalue weighted by Gasteiger charge is 2.26. The fourth-order valence-corrected chi connectivity index (χ4v) is 3.12. The predicted octanol–water partition coefficient (Wildman–Crippen LogP) is 2.64. The largest absolute Gasteiger partial charge is 0.355 e. The zero-order valence-electron chi connectivity index (χ0n) is 14.4. The molecular formula is C18H31Cl2N3O. The molecule has 1 amide bonds. The van der Waals surface area contributed by atoms with E-state index in [9.17, 15) is 4.79 Å². The summed E-state index contributed by atoms with van der Waals surface area (Å²) < 4.78 is 0. The van der Waals surface area contributed by atoms with E-state index >= 15 is 0 Å². The molecule has 0 aromatic heterocycles. The van der Waals surface area contributed by atoms with E-state index in [2.05, 4.69) is 40.5 Å². The van der Waals surface area contributed by atoms with Crippen molar-refractivity contribution in [2.24, 2.45) is 11.7 Å². The lowest BCUT2D eigenvalue weighted by Gasteiger charge is -2.35. The number of likely N-dealkylation sites (tertiary alicyclic amines) is 1. The van der Waals surface area contributed by atoms with E-state index in [1.165, 1.54) is 18.4 Å². The fraction of sp³-hybridized carbons (Fsp3) is 0.611. The van der Waals surface area contributed by atoms with Crippen LogP contribution in [-0.2, 0) is 11.2 Å². The van der Waals surface area contributed by atoms with Crippen molar-refractivity contribution in [2.75, 3.05) is 26.2 Å². The first-order valence-electron chi connectivity index (χ1n) is 8.46. The summed E-state index contributed by atoms with van der Waals surface area (Å²) in [5.74, 6) is 0.876. The van der Waals surface area contributed by atoms with E-state index in [1.54, 1.807) is 0 Å². The average Bonchev–Trinajstić information content (AvgIpc) is 2.56. The fourth-order valence-electron chi connectivity index (χ4n) is 3.12. The second kappa shape index (κ2) is 12.5. The van der Waals surface area contributed by atoms with Gasteiger partial charge in [-0.2, -0.15) is 0 Å². The monoisotopic (exact) mass is 375 g/mol. The summed E-state index contributed by atoms with van der Waals surface area (Å²) in [5.41, 5.74) is 6.88. The first-order valence-corrected chi connectivity index (χ1v) is 8.46. The Morgan fingerprint density at radius 2 is 1.88 bits per heavy atom. The van der Waals surface area contributed by atoms with Crippen LogP contribution in [0.3, 0.4) is 0 Å². The molecule has 0 saturated carbocycles. The van der Waals surface area contributed by atoms with Crippen molar-refractivity contribution in [3.8, 4) is 0 Å². The highest BCUT2D eigenvalue weighted by atomic mass is 35.5. The molecule has 1 aliphatic rings. The molecule has 0 aliphatic carbocycles. The minimum Gasteiger partial charge on any atom is -0.355 e. The highest BCUT2D eigenvalue weighted by molar-refractivity contribution is 5.85. The number of hydrogen-bond donors (Lipinski definition) is 2. The summed E-state index contributed by atoms with van der Waals surface area (Å²) in [6.07, 6.45) is 4.36. The molecule has 1 unspecified atom stereocenters. The van der Waals surface area contributed by atoms with E-state index in [1.807, 2.05) is 6.92 Å². The van der Waals surface area contributed by atoms with Gasteiger partial charge in [-0.25, -0.2) is 0 Å². The summed E-state index contributed by atoms with van der Waals surface area (Å²) in [7, 11) is 0. The molecule has 1 heterocycles. The van der Waals surface area contributed by atoms with Gasteiger partial charge in [-0.15, -0.1) is 24.8 Å². The van der Waals surface area contributed by atoms with Crippen LogP contribution in [0.5, 0.6) is 0 Å². The second-order valence-corrected chi connectivity index (χ2v) is 6.28. The Hall–Kier alpha value is -0.810. The number of nitrogens with one attached hydrogen (secondary N) is 1. The molecule has 4 nitrogen and oxygen atoms in total. The van der Waals surface area contributed by atoms with Crippen LogP contribution in [0.25, 0.3) is 0 Å². The summed E-state index contributed by atoms with van der Waals surface area (Å²) >= 11 is 0. The van der Waals surface area contributed by atoms with Gasteiger partial charge in [0.2, 0.25) is 5.91 Å². The smallest absolute Gasteiger partial charge is 0.237 e. The van der Waals surface area contributed by atoms with Crippen molar-refractivity contribution >= 4 is 30.7 Å². The normalized spacial score (nSPS) is 16.6. The topological polar surface area (TPSA) is 58.4 Å². The van der Waals surface area contributed by atoms with Crippen LogP contribution in [-0.4, -0.2) is 43.0 Å². The Kier molecular flexibility index (Phi) is 12.1. The van der Waals surface area contributed by atoms with Gasteiger partial charge in [-0.1, -0.05) is 30.3 Å². The van der Waals surface area contributed by atoms with Crippen LogP contribution in [0.15, 0.2) is 30.3 Å². The number of halogens is 2. The maximum Gasteiger partial charge on any atom is 0.237 e. The van der Waals surface area contributed by atoms with Crippen molar-refractivity contribution < 1.29 is 4.79 Å². The molecule has 1 saturated heterocycles. The maximum atomic E-state index is 12.1. The van der Waals surface area contributed by atoms with Crippen LogP contribution < -0.4 is 11.1 Å². The van der Waals surface area contributed by atoms with E-state index in [0.717, 1.165) is 31.8 Å². The van der Waals surface area contributed by atoms with Crippen LogP contribution in [0.2, 0.25) is 0 Å². The van der Waals surface area contributed by atoms with Gasteiger partial charge >= 0.3 is 0 Å².